The molecule has 2 aromatic rings. The van der Waals surface area contributed by atoms with Gasteiger partial charge in [0.1, 0.15) is 18.6 Å². The summed E-state index contributed by atoms with van der Waals surface area (Å²) in [6.07, 6.45) is -0.753. The molecule has 0 bridgehead atoms. The van der Waals surface area contributed by atoms with Gasteiger partial charge in [-0.3, -0.25) is 24.3 Å². The lowest BCUT2D eigenvalue weighted by Gasteiger charge is -2.29. The minimum Gasteiger partial charge on any atom is -0.463 e. The van der Waals surface area contributed by atoms with Gasteiger partial charge in [-0.1, -0.05) is 44.2 Å². The molecule has 4 atom stereocenters. The largest absolute Gasteiger partial charge is 0.463 e. The van der Waals surface area contributed by atoms with E-state index in [1.54, 1.807) is 26.0 Å². The minimum atomic E-state index is -1.41. The van der Waals surface area contributed by atoms with Gasteiger partial charge in [0.25, 0.3) is 5.91 Å². The molecule has 11 heteroatoms. The molecule has 3 rings (SSSR count). The molecule has 1 fully saturated rings. The van der Waals surface area contributed by atoms with Crippen molar-refractivity contribution in [1.82, 2.24) is 15.5 Å². The van der Waals surface area contributed by atoms with Crippen molar-refractivity contribution in [1.29, 1.82) is 0 Å². The van der Waals surface area contributed by atoms with E-state index in [9.17, 15) is 24.0 Å². The lowest BCUT2D eigenvalue weighted by Crippen LogP contribution is -2.47. The molecule has 0 aliphatic carbocycles. The molecule has 0 radical (unpaired) electrons. The third-order valence-corrected chi connectivity index (χ3v) is 5.40. The summed E-state index contributed by atoms with van der Waals surface area (Å²) in [5.74, 6) is -4.62. The first-order valence-electron chi connectivity index (χ1n) is 11.1. The van der Waals surface area contributed by atoms with Gasteiger partial charge in [0, 0.05) is 12.3 Å². The van der Waals surface area contributed by atoms with Gasteiger partial charge in [-0.25, -0.2) is 4.79 Å². The first kappa shape index (κ1) is 25.6. The molecule has 1 aliphatic rings. The third kappa shape index (κ3) is 6.52. The zero-order valence-corrected chi connectivity index (χ0v) is 19.6. The number of carbonyl (C=O) groups is 4. The monoisotopic (exact) mass is 485 g/mol. The number of carbonyl (C=O) groups excluding carboxylic acids is 4. The van der Waals surface area contributed by atoms with Gasteiger partial charge < -0.3 is 19.5 Å². The zero-order chi connectivity index (χ0) is 25.5. The molecule has 11 nitrogen and oxygen atoms in total. The third-order valence-electron chi connectivity index (χ3n) is 5.40. The highest BCUT2D eigenvalue weighted by molar-refractivity contribution is 5.95. The second-order valence-electron chi connectivity index (χ2n) is 8.44. The van der Waals surface area contributed by atoms with Crippen molar-refractivity contribution in [2.45, 2.75) is 45.4 Å². The van der Waals surface area contributed by atoms with Crippen molar-refractivity contribution in [2.24, 2.45) is 11.8 Å². The van der Waals surface area contributed by atoms with Crippen LogP contribution in [0.25, 0.3) is 0 Å². The molecule has 0 spiro atoms. The number of aromatic amines is 1. The number of rotatable bonds is 6. The van der Waals surface area contributed by atoms with Crippen molar-refractivity contribution in [2.75, 3.05) is 6.61 Å². The number of esters is 3. The van der Waals surface area contributed by atoms with Crippen molar-refractivity contribution >= 4 is 23.8 Å². The number of hydrogen-bond donors (Lipinski definition) is 2. The maximum Gasteiger partial charge on any atom is 0.332 e. The Hall–Kier alpha value is -4.02. The van der Waals surface area contributed by atoms with Gasteiger partial charge in [0.05, 0.1) is 5.92 Å². The predicted molar refractivity (Wildman–Crippen MR) is 121 cm³/mol. The molecule has 35 heavy (non-hydrogen) atoms. The number of aromatic nitrogens is 2. The van der Waals surface area contributed by atoms with Gasteiger partial charge in [-0.05, 0) is 18.9 Å². The zero-order valence-electron chi connectivity index (χ0n) is 19.6. The summed E-state index contributed by atoms with van der Waals surface area (Å²) in [5, 5.41) is 8.31. The second-order valence-corrected chi connectivity index (χ2v) is 8.44. The fraction of sp³-hybridized carbons (Fsp3) is 0.417. The lowest BCUT2D eigenvalue weighted by molar-refractivity contribution is -0.176. The van der Waals surface area contributed by atoms with Crippen LogP contribution in [-0.4, -0.2) is 58.9 Å². The smallest absolute Gasteiger partial charge is 0.332 e. The van der Waals surface area contributed by atoms with Crippen LogP contribution < -0.4 is 10.7 Å². The molecule has 0 saturated carbocycles. The van der Waals surface area contributed by atoms with E-state index in [1.165, 1.54) is 13.1 Å². The molecule has 1 aromatic carbocycles. The van der Waals surface area contributed by atoms with E-state index in [0.717, 1.165) is 11.6 Å². The van der Waals surface area contributed by atoms with Crippen LogP contribution in [0.15, 0.2) is 47.4 Å². The van der Waals surface area contributed by atoms with Crippen LogP contribution in [0.5, 0.6) is 0 Å². The molecule has 1 aliphatic heterocycles. The normalized spacial score (nSPS) is 22.7. The van der Waals surface area contributed by atoms with Crippen LogP contribution in [0.1, 0.15) is 36.8 Å². The Kier molecular flexibility index (Phi) is 8.34. The standard InChI is InChI=1S/C24H27N3O8/c1-13(2)22(30)35-20-14(3)34-24(32)17(26-21(29)19-18(28)9-10-25-27-19)12-33-23(31)16(20)11-15-7-5-4-6-8-15/h4-10,13-14,16-17,20H,11-12H2,1-3H3,(H,25,28)(H,26,29)/t14-,16+,17?,20?/m0/s1. The van der Waals surface area contributed by atoms with Crippen LogP contribution in [0.4, 0.5) is 0 Å². The quantitative estimate of drug-likeness (QED) is 0.446. The summed E-state index contributed by atoms with van der Waals surface area (Å²) in [4.78, 5) is 62.8. The lowest BCUT2D eigenvalue weighted by atomic mass is 9.91. The molecule has 1 saturated heterocycles. The van der Waals surface area contributed by atoms with E-state index in [2.05, 4.69) is 15.5 Å². The molecule has 186 valence electrons. The summed E-state index contributed by atoms with van der Waals surface area (Å²) in [6.45, 7) is 4.24. The van der Waals surface area contributed by atoms with Gasteiger partial charge >= 0.3 is 17.9 Å². The van der Waals surface area contributed by atoms with Crippen LogP contribution in [0, 0.1) is 11.8 Å². The van der Waals surface area contributed by atoms with Crippen molar-refractivity contribution in [3.63, 3.8) is 0 Å². The van der Waals surface area contributed by atoms with Crippen molar-refractivity contribution in [3.05, 3.63) is 64.1 Å². The predicted octanol–water partition coefficient (Wildman–Crippen LogP) is 0.784. The summed E-state index contributed by atoms with van der Waals surface area (Å²) >= 11 is 0. The van der Waals surface area contributed by atoms with Crippen LogP contribution in [0.3, 0.4) is 0 Å². The molecule has 1 amide bonds. The number of hydrogen-bond acceptors (Lipinski definition) is 9. The molecule has 2 N–H and O–H groups in total. The summed E-state index contributed by atoms with van der Waals surface area (Å²) < 4.78 is 16.5. The van der Waals surface area contributed by atoms with Gasteiger partial charge in [-0.2, -0.15) is 5.10 Å². The van der Waals surface area contributed by atoms with E-state index in [4.69, 9.17) is 14.2 Å². The number of H-pyrrole nitrogens is 1. The number of benzene rings is 1. The second kappa shape index (κ2) is 11.4. The maximum atomic E-state index is 13.1. The summed E-state index contributed by atoms with van der Waals surface area (Å²) in [7, 11) is 0. The average Bonchev–Trinajstić information content (AvgIpc) is 2.86. The molecule has 1 aromatic heterocycles. The maximum absolute atomic E-state index is 13.1. The molecular weight excluding hydrogens is 458 g/mol. The Balaban J connectivity index is 1.87. The number of nitrogens with zero attached hydrogens (tertiary/aromatic N) is 1. The first-order chi connectivity index (χ1) is 16.7. The van der Waals surface area contributed by atoms with Crippen molar-refractivity contribution < 1.29 is 33.4 Å². The Morgan fingerprint density at radius 2 is 1.86 bits per heavy atom. The first-order valence-corrected chi connectivity index (χ1v) is 11.1. The highest BCUT2D eigenvalue weighted by Gasteiger charge is 2.42. The average molecular weight is 485 g/mol. The number of amides is 1. The van der Waals surface area contributed by atoms with E-state index < -0.39 is 71.6 Å². The molecular formula is C24H27N3O8. The number of ether oxygens (including phenoxy) is 3. The van der Waals surface area contributed by atoms with Crippen LogP contribution in [-0.2, 0) is 35.0 Å². The Morgan fingerprint density at radius 1 is 1.14 bits per heavy atom. The van der Waals surface area contributed by atoms with Gasteiger partial charge in [0.2, 0.25) is 5.43 Å². The fourth-order valence-electron chi connectivity index (χ4n) is 3.49. The highest BCUT2D eigenvalue weighted by Crippen LogP contribution is 2.24. The fourth-order valence-corrected chi connectivity index (χ4v) is 3.49. The summed E-state index contributed by atoms with van der Waals surface area (Å²) in [6, 6.07) is 8.75. The van der Waals surface area contributed by atoms with E-state index in [-0.39, 0.29) is 6.42 Å². The topological polar surface area (TPSA) is 154 Å². The van der Waals surface area contributed by atoms with E-state index in [1.807, 2.05) is 18.2 Å². The van der Waals surface area contributed by atoms with Crippen LogP contribution >= 0.6 is 0 Å². The van der Waals surface area contributed by atoms with Crippen molar-refractivity contribution in [3.8, 4) is 0 Å². The summed E-state index contributed by atoms with van der Waals surface area (Å²) in [5.41, 5.74) is -0.339. The number of nitrogens with one attached hydrogen (secondary N) is 2. The Labute approximate surface area is 201 Å². The SMILES string of the molecule is CC(C)C(=O)OC1[C@H](C)OC(=O)C(NC(=O)c2n[nH]ccc2=O)COC(=O)[C@@H]1Cc1ccccc1. The molecule has 2 heterocycles. The Bertz CT molecular complexity index is 1130. The van der Waals surface area contributed by atoms with Gasteiger partial charge in [-0.15, -0.1) is 0 Å². The number of cyclic esters (lactones) is 2. The van der Waals surface area contributed by atoms with Crippen LogP contribution in [0.2, 0.25) is 0 Å². The van der Waals surface area contributed by atoms with E-state index >= 15 is 0 Å². The Morgan fingerprint density at radius 3 is 2.51 bits per heavy atom. The van der Waals surface area contributed by atoms with E-state index in [0.29, 0.717) is 0 Å². The van der Waals surface area contributed by atoms with Gasteiger partial charge in [0.15, 0.2) is 17.8 Å². The minimum absolute atomic E-state index is 0.165. The highest BCUT2D eigenvalue weighted by atomic mass is 16.6. The molecule has 2 unspecified atom stereocenters.